The molecule has 2 bridgehead atoms. The first-order chi connectivity index (χ1) is 9.58. The van der Waals surface area contributed by atoms with E-state index in [0.29, 0.717) is 0 Å². The fourth-order valence-electron chi connectivity index (χ4n) is 4.16. The largest absolute Gasteiger partial charge is 0.359 e. The standard InChI is InChI=1S/C15H25N5/c1-9-14(19-16)17-10(2)18-15(9)20(3)8-13-7-11-4-5-12(13)6-11/h11-13H,4-8,16H2,1-3H3,(H,17,18,19). The monoisotopic (exact) mass is 275 g/mol. The molecule has 0 saturated heterocycles. The van der Waals surface area contributed by atoms with Crippen LogP contribution in [0.15, 0.2) is 0 Å². The molecule has 3 unspecified atom stereocenters. The molecule has 3 N–H and O–H groups in total. The fourth-order valence-corrected chi connectivity index (χ4v) is 4.16. The van der Waals surface area contributed by atoms with Crippen LogP contribution < -0.4 is 16.2 Å². The van der Waals surface area contributed by atoms with Crippen molar-refractivity contribution in [3.63, 3.8) is 0 Å². The maximum atomic E-state index is 5.54. The molecule has 1 aromatic rings. The predicted octanol–water partition coefficient (Wildman–Crippen LogP) is 2.25. The number of fused-ring (bicyclic) bond motifs is 2. The van der Waals surface area contributed by atoms with E-state index in [1.165, 1.54) is 25.7 Å². The highest BCUT2D eigenvalue weighted by atomic mass is 15.3. The van der Waals surface area contributed by atoms with E-state index >= 15 is 0 Å². The Morgan fingerprint density at radius 2 is 2.05 bits per heavy atom. The van der Waals surface area contributed by atoms with Gasteiger partial charge in [0.1, 0.15) is 17.5 Å². The van der Waals surface area contributed by atoms with E-state index in [2.05, 4.69) is 27.3 Å². The van der Waals surface area contributed by atoms with Gasteiger partial charge in [0, 0.05) is 19.2 Å². The highest BCUT2D eigenvalue weighted by molar-refractivity contribution is 5.57. The minimum atomic E-state index is 0.729. The van der Waals surface area contributed by atoms with Crippen LogP contribution in [0.3, 0.4) is 0 Å². The molecule has 0 aliphatic heterocycles. The Bertz CT molecular complexity index is 501. The summed E-state index contributed by atoms with van der Waals surface area (Å²) in [7, 11) is 2.14. The van der Waals surface area contributed by atoms with Gasteiger partial charge in [0.25, 0.3) is 0 Å². The molecule has 0 radical (unpaired) electrons. The number of aromatic nitrogens is 2. The average molecular weight is 275 g/mol. The molecule has 2 saturated carbocycles. The van der Waals surface area contributed by atoms with Gasteiger partial charge in [-0.15, -0.1) is 0 Å². The second-order valence-electron chi connectivity index (χ2n) is 6.53. The van der Waals surface area contributed by atoms with Crippen molar-refractivity contribution >= 4 is 11.6 Å². The Morgan fingerprint density at radius 1 is 1.25 bits per heavy atom. The molecule has 110 valence electrons. The van der Waals surface area contributed by atoms with Gasteiger partial charge >= 0.3 is 0 Å². The van der Waals surface area contributed by atoms with E-state index in [-0.39, 0.29) is 0 Å². The van der Waals surface area contributed by atoms with Gasteiger partial charge in [0.05, 0.1) is 0 Å². The summed E-state index contributed by atoms with van der Waals surface area (Å²) in [5, 5.41) is 0. The van der Waals surface area contributed by atoms with Gasteiger partial charge in [0.2, 0.25) is 0 Å². The number of anilines is 2. The molecule has 2 fully saturated rings. The molecule has 5 heteroatoms. The lowest BCUT2D eigenvalue weighted by atomic mass is 9.88. The number of aryl methyl sites for hydroxylation is 1. The molecule has 3 rings (SSSR count). The highest BCUT2D eigenvalue weighted by Crippen LogP contribution is 2.48. The second-order valence-corrected chi connectivity index (χ2v) is 6.53. The molecule has 3 atom stereocenters. The number of nitrogens with two attached hydrogens (primary N) is 1. The Hall–Kier alpha value is -1.36. The van der Waals surface area contributed by atoms with Crippen molar-refractivity contribution in [1.82, 2.24) is 9.97 Å². The van der Waals surface area contributed by atoms with Crippen LogP contribution in [0.25, 0.3) is 0 Å². The quantitative estimate of drug-likeness (QED) is 0.651. The fraction of sp³-hybridized carbons (Fsp3) is 0.733. The highest BCUT2D eigenvalue weighted by Gasteiger charge is 2.39. The minimum Gasteiger partial charge on any atom is -0.359 e. The maximum absolute atomic E-state index is 5.54. The number of hydrazine groups is 1. The third-order valence-corrected chi connectivity index (χ3v) is 5.12. The van der Waals surface area contributed by atoms with E-state index in [1.807, 2.05) is 13.8 Å². The smallest absolute Gasteiger partial charge is 0.148 e. The number of nitrogens with zero attached hydrogens (tertiary/aromatic N) is 3. The molecule has 0 spiro atoms. The van der Waals surface area contributed by atoms with Gasteiger partial charge < -0.3 is 10.3 Å². The van der Waals surface area contributed by atoms with E-state index in [4.69, 9.17) is 5.84 Å². The molecule has 0 aromatic carbocycles. The van der Waals surface area contributed by atoms with Crippen LogP contribution in [0.2, 0.25) is 0 Å². The Balaban J connectivity index is 1.77. The van der Waals surface area contributed by atoms with Gasteiger partial charge in [-0.25, -0.2) is 15.8 Å². The zero-order valence-corrected chi connectivity index (χ0v) is 12.7. The van der Waals surface area contributed by atoms with E-state index in [9.17, 15) is 0 Å². The van der Waals surface area contributed by atoms with Gasteiger partial charge in [-0.05, 0) is 50.9 Å². The van der Waals surface area contributed by atoms with Crippen molar-refractivity contribution in [2.75, 3.05) is 23.9 Å². The van der Waals surface area contributed by atoms with Gasteiger partial charge in [0.15, 0.2) is 0 Å². The molecule has 0 amide bonds. The van der Waals surface area contributed by atoms with E-state index in [1.54, 1.807) is 0 Å². The first kappa shape index (κ1) is 13.6. The Morgan fingerprint density at radius 3 is 2.65 bits per heavy atom. The van der Waals surface area contributed by atoms with Crippen LogP contribution in [-0.2, 0) is 0 Å². The third-order valence-electron chi connectivity index (χ3n) is 5.12. The third kappa shape index (κ3) is 2.35. The van der Waals surface area contributed by atoms with Crippen LogP contribution >= 0.6 is 0 Å². The van der Waals surface area contributed by atoms with Crippen LogP contribution in [0.4, 0.5) is 11.6 Å². The molecular formula is C15H25N5. The first-order valence-electron chi connectivity index (χ1n) is 7.61. The molecular weight excluding hydrogens is 250 g/mol. The number of hydrogen-bond donors (Lipinski definition) is 2. The van der Waals surface area contributed by atoms with Crippen molar-refractivity contribution < 1.29 is 0 Å². The lowest BCUT2D eigenvalue weighted by Crippen LogP contribution is -2.30. The number of rotatable bonds is 4. The maximum Gasteiger partial charge on any atom is 0.148 e. The Labute approximate surface area is 120 Å². The van der Waals surface area contributed by atoms with Gasteiger partial charge in [-0.1, -0.05) is 6.42 Å². The van der Waals surface area contributed by atoms with Crippen molar-refractivity contribution in [2.45, 2.75) is 39.5 Å². The molecule has 2 aliphatic carbocycles. The van der Waals surface area contributed by atoms with E-state index in [0.717, 1.165) is 47.3 Å². The topological polar surface area (TPSA) is 67.1 Å². The van der Waals surface area contributed by atoms with Gasteiger partial charge in [-0.2, -0.15) is 0 Å². The van der Waals surface area contributed by atoms with Crippen molar-refractivity contribution in [3.8, 4) is 0 Å². The molecule has 1 aromatic heterocycles. The summed E-state index contributed by atoms with van der Waals surface area (Å²) in [6.45, 7) is 5.04. The molecule has 20 heavy (non-hydrogen) atoms. The molecule has 2 aliphatic rings. The van der Waals surface area contributed by atoms with Crippen LogP contribution in [0.1, 0.15) is 37.1 Å². The Kier molecular flexibility index (Phi) is 3.54. The zero-order chi connectivity index (χ0) is 14.3. The van der Waals surface area contributed by atoms with Crippen LogP contribution in [0.5, 0.6) is 0 Å². The lowest BCUT2D eigenvalue weighted by Gasteiger charge is -2.29. The zero-order valence-electron chi connectivity index (χ0n) is 12.7. The van der Waals surface area contributed by atoms with Crippen LogP contribution in [0, 0.1) is 31.6 Å². The predicted molar refractivity (Wildman–Crippen MR) is 81.5 cm³/mol. The SMILES string of the molecule is Cc1nc(NN)c(C)c(N(C)CC2CC3CCC2C3)n1. The van der Waals surface area contributed by atoms with Gasteiger partial charge in [-0.3, -0.25) is 0 Å². The summed E-state index contributed by atoms with van der Waals surface area (Å²) in [4.78, 5) is 11.2. The van der Waals surface area contributed by atoms with Crippen LogP contribution in [-0.4, -0.2) is 23.6 Å². The summed E-state index contributed by atoms with van der Waals surface area (Å²) in [5.41, 5.74) is 3.71. The number of nitrogens with one attached hydrogen (secondary N) is 1. The van der Waals surface area contributed by atoms with E-state index < -0.39 is 0 Å². The summed E-state index contributed by atoms with van der Waals surface area (Å²) in [6, 6.07) is 0. The first-order valence-corrected chi connectivity index (χ1v) is 7.61. The molecule has 5 nitrogen and oxygen atoms in total. The number of hydrogen-bond acceptors (Lipinski definition) is 5. The normalized spacial score (nSPS) is 27.9. The summed E-state index contributed by atoms with van der Waals surface area (Å²) < 4.78 is 0. The van der Waals surface area contributed by atoms with Crippen molar-refractivity contribution in [2.24, 2.45) is 23.6 Å². The second kappa shape index (κ2) is 5.20. The average Bonchev–Trinajstić information content (AvgIpc) is 3.03. The summed E-state index contributed by atoms with van der Waals surface area (Å²) in [5.74, 6) is 10.8. The van der Waals surface area contributed by atoms with Crippen molar-refractivity contribution in [3.05, 3.63) is 11.4 Å². The summed E-state index contributed by atoms with van der Waals surface area (Å²) >= 11 is 0. The number of nitrogen functional groups attached to an aromatic ring is 1. The summed E-state index contributed by atoms with van der Waals surface area (Å²) in [6.07, 6.45) is 5.74. The molecule has 1 heterocycles. The van der Waals surface area contributed by atoms with Crippen molar-refractivity contribution in [1.29, 1.82) is 0 Å². The minimum absolute atomic E-state index is 0.729. The lowest BCUT2D eigenvalue weighted by molar-refractivity contribution is 0.337.